The summed E-state index contributed by atoms with van der Waals surface area (Å²) in [5, 5.41) is 0.148. The van der Waals surface area contributed by atoms with Gasteiger partial charge in [-0.25, -0.2) is 0 Å². The van der Waals surface area contributed by atoms with Gasteiger partial charge >= 0.3 is 0 Å². The maximum Gasteiger partial charge on any atom is 0.192 e. The predicted octanol–water partition coefficient (Wildman–Crippen LogP) is 6.45. The number of methoxy groups -OCH3 is 2. The maximum atomic E-state index is 13.6. The van der Waals surface area contributed by atoms with Crippen LogP contribution in [0.25, 0.3) is 5.57 Å². The second kappa shape index (κ2) is 9.20. The Morgan fingerprint density at radius 2 is 1.88 bits per heavy atom. The first kappa shape index (κ1) is 25.4. The highest BCUT2D eigenvalue weighted by Gasteiger charge is 2.54. The summed E-state index contributed by atoms with van der Waals surface area (Å²) in [6.45, 7) is 16.1. The lowest BCUT2D eigenvalue weighted by Crippen LogP contribution is -2.42. The molecule has 1 aromatic heterocycles. The van der Waals surface area contributed by atoms with Crippen LogP contribution in [0, 0.1) is 23.2 Å². The van der Waals surface area contributed by atoms with Crippen molar-refractivity contribution < 1.29 is 23.1 Å². The van der Waals surface area contributed by atoms with Crippen LogP contribution in [0.1, 0.15) is 65.2 Å². The third kappa shape index (κ3) is 4.56. The Bertz CT molecular complexity index is 845. The van der Waals surface area contributed by atoms with Gasteiger partial charge in [0.15, 0.2) is 20.4 Å². The van der Waals surface area contributed by atoms with Crippen molar-refractivity contribution in [2.24, 2.45) is 23.2 Å². The van der Waals surface area contributed by atoms with Crippen LogP contribution < -0.4 is 0 Å². The van der Waals surface area contributed by atoms with E-state index >= 15 is 0 Å². The first-order valence-electron chi connectivity index (χ1n) is 11.9. The molecule has 0 aromatic carbocycles. The maximum absolute atomic E-state index is 13.6. The van der Waals surface area contributed by atoms with Gasteiger partial charge in [0.25, 0.3) is 0 Å². The second-order valence-corrected chi connectivity index (χ2v) is 16.3. The lowest BCUT2D eigenvalue weighted by Gasteiger charge is -2.42. The number of carbonyl (C=O) groups excluding carboxylic acids is 1. The fourth-order valence-corrected chi connectivity index (χ4v) is 6.44. The number of Topliss-reactive ketones (excluding diaryl/α,β-unsaturated/α-hetero) is 1. The Morgan fingerprint density at radius 3 is 2.47 bits per heavy atom. The van der Waals surface area contributed by atoms with E-state index in [2.05, 4.69) is 53.8 Å². The van der Waals surface area contributed by atoms with E-state index < -0.39 is 8.32 Å². The van der Waals surface area contributed by atoms with Gasteiger partial charge in [0.2, 0.25) is 0 Å². The zero-order valence-electron chi connectivity index (χ0n) is 21.4. The van der Waals surface area contributed by atoms with Gasteiger partial charge in [0.1, 0.15) is 5.76 Å². The highest BCUT2D eigenvalue weighted by Crippen LogP contribution is 2.57. The van der Waals surface area contributed by atoms with E-state index in [0.29, 0.717) is 12.5 Å². The average Bonchev–Trinajstić information content (AvgIpc) is 3.31. The molecule has 2 aliphatic rings. The summed E-state index contributed by atoms with van der Waals surface area (Å²) < 4.78 is 23.2. The van der Waals surface area contributed by atoms with Crippen molar-refractivity contribution in [2.45, 2.75) is 84.9 Å². The number of rotatable bonds is 8. The summed E-state index contributed by atoms with van der Waals surface area (Å²) in [7, 11) is 1.52. The third-order valence-corrected chi connectivity index (χ3v) is 13.1. The Hall–Kier alpha value is -1.21. The summed E-state index contributed by atoms with van der Waals surface area (Å²) in [4.78, 5) is 13.6. The summed E-state index contributed by atoms with van der Waals surface area (Å²) in [5.41, 5.74) is 1.63. The molecule has 0 aliphatic heterocycles. The van der Waals surface area contributed by atoms with Crippen LogP contribution in [0.2, 0.25) is 18.1 Å². The van der Waals surface area contributed by atoms with E-state index in [4.69, 9.17) is 18.3 Å². The molecule has 2 aliphatic carbocycles. The third-order valence-electron chi connectivity index (χ3n) is 8.61. The molecule has 1 saturated carbocycles. The Balaban J connectivity index is 1.75. The first-order chi connectivity index (χ1) is 14.9. The molecule has 1 fully saturated rings. The van der Waals surface area contributed by atoms with Crippen molar-refractivity contribution in [1.82, 2.24) is 0 Å². The molecule has 3 rings (SSSR count). The molecule has 1 aromatic rings. The predicted molar refractivity (Wildman–Crippen MR) is 130 cm³/mol. The molecule has 1 heterocycles. The number of ketones is 1. The molecule has 180 valence electrons. The highest BCUT2D eigenvalue weighted by atomic mass is 28.4. The molecular formula is C26H42O5Si. The number of ether oxygens (including phenoxy) is 2. The fraction of sp³-hybridized carbons (Fsp3) is 0.731. The first-order valence-corrected chi connectivity index (χ1v) is 14.8. The zero-order chi connectivity index (χ0) is 23.9. The Labute approximate surface area is 195 Å². The topological polar surface area (TPSA) is 57.9 Å². The minimum absolute atomic E-state index is 0.0335. The van der Waals surface area contributed by atoms with E-state index in [9.17, 15) is 4.79 Å². The molecule has 4 atom stereocenters. The lowest BCUT2D eigenvalue weighted by atomic mass is 9.62. The number of fused-ring (bicyclic) bond motifs is 1. The molecule has 0 saturated heterocycles. The van der Waals surface area contributed by atoms with Gasteiger partial charge in [-0.2, -0.15) is 0 Å². The van der Waals surface area contributed by atoms with Gasteiger partial charge in [0, 0.05) is 37.2 Å². The average molecular weight is 463 g/mol. The number of allylic oxidation sites excluding steroid dienone is 2. The van der Waals surface area contributed by atoms with Crippen LogP contribution in [0.4, 0.5) is 0 Å². The Morgan fingerprint density at radius 1 is 1.22 bits per heavy atom. The molecule has 5 nitrogen and oxygen atoms in total. The van der Waals surface area contributed by atoms with Gasteiger partial charge in [-0.1, -0.05) is 40.7 Å². The van der Waals surface area contributed by atoms with Gasteiger partial charge in [-0.05, 0) is 54.8 Å². The van der Waals surface area contributed by atoms with Crippen molar-refractivity contribution in [3.8, 4) is 0 Å². The standard InChI is InChI=1S/C26H42O5Si/c1-17(24(28-6)29-7)21-10-11-22-23(27)20(12-13-26(21,22)5)18-14-19(30-15-18)16-31-32(8,9)25(2,3)4/h12,14-15,17,21-22,24H,10-11,13,16H2,1-9H3/t17-,21+,22-,26+/m0/s1. The van der Waals surface area contributed by atoms with E-state index in [0.717, 1.165) is 36.2 Å². The van der Waals surface area contributed by atoms with E-state index in [1.165, 1.54) is 0 Å². The van der Waals surface area contributed by atoms with Crippen LogP contribution in [-0.4, -0.2) is 34.6 Å². The van der Waals surface area contributed by atoms with Crippen LogP contribution in [0.3, 0.4) is 0 Å². The van der Waals surface area contributed by atoms with Crippen LogP contribution in [0.15, 0.2) is 22.8 Å². The molecule has 0 amide bonds. The van der Waals surface area contributed by atoms with Gasteiger partial charge < -0.3 is 18.3 Å². The summed E-state index contributed by atoms with van der Waals surface area (Å²) >= 11 is 0. The highest BCUT2D eigenvalue weighted by molar-refractivity contribution is 6.74. The lowest BCUT2D eigenvalue weighted by molar-refractivity contribution is -0.156. The number of hydrogen-bond donors (Lipinski definition) is 0. The van der Waals surface area contributed by atoms with Crippen molar-refractivity contribution in [2.75, 3.05) is 14.2 Å². The monoisotopic (exact) mass is 462 g/mol. The fourth-order valence-electron chi connectivity index (χ4n) is 5.50. The molecule has 0 unspecified atom stereocenters. The second-order valence-electron chi connectivity index (χ2n) is 11.5. The molecule has 32 heavy (non-hydrogen) atoms. The smallest absolute Gasteiger partial charge is 0.192 e. The molecule has 0 radical (unpaired) electrons. The molecule has 6 heteroatoms. The van der Waals surface area contributed by atoms with Crippen molar-refractivity contribution in [1.29, 1.82) is 0 Å². The molecular weight excluding hydrogens is 420 g/mol. The molecule has 0 N–H and O–H groups in total. The summed E-state index contributed by atoms with van der Waals surface area (Å²) in [6, 6.07) is 1.99. The number of furan rings is 1. The summed E-state index contributed by atoms with van der Waals surface area (Å²) in [5.74, 6) is 1.68. The number of carbonyl (C=O) groups is 1. The van der Waals surface area contributed by atoms with E-state index in [1.807, 2.05) is 6.07 Å². The van der Waals surface area contributed by atoms with E-state index in [-0.39, 0.29) is 34.4 Å². The minimum Gasteiger partial charge on any atom is -0.466 e. The minimum atomic E-state index is -1.86. The number of hydrogen-bond acceptors (Lipinski definition) is 5. The van der Waals surface area contributed by atoms with Crippen molar-refractivity contribution in [3.05, 3.63) is 29.7 Å². The normalized spacial score (nSPS) is 27.6. The van der Waals surface area contributed by atoms with E-state index in [1.54, 1.807) is 20.5 Å². The summed E-state index contributed by atoms with van der Waals surface area (Å²) in [6.07, 6.45) is 6.43. The van der Waals surface area contributed by atoms with Crippen molar-refractivity contribution >= 4 is 19.7 Å². The zero-order valence-corrected chi connectivity index (χ0v) is 22.4. The molecule has 0 spiro atoms. The van der Waals surface area contributed by atoms with Gasteiger partial charge in [-0.15, -0.1) is 0 Å². The SMILES string of the molecule is COC(OC)[C@@H](C)[C@H]1CC[C@H]2C(=O)C(c3coc(CO[Si](C)(C)C(C)(C)C)c3)=CC[C@]12C. The van der Waals surface area contributed by atoms with Crippen LogP contribution in [-0.2, 0) is 25.3 Å². The van der Waals surface area contributed by atoms with Crippen LogP contribution in [0.5, 0.6) is 0 Å². The van der Waals surface area contributed by atoms with Crippen LogP contribution >= 0.6 is 0 Å². The van der Waals surface area contributed by atoms with Gasteiger partial charge in [-0.3, -0.25) is 4.79 Å². The quantitative estimate of drug-likeness (QED) is 0.328. The Kier molecular flexibility index (Phi) is 7.31. The molecule has 0 bridgehead atoms. The van der Waals surface area contributed by atoms with Gasteiger partial charge in [0.05, 0.1) is 12.9 Å². The van der Waals surface area contributed by atoms with Crippen molar-refractivity contribution in [3.63, 3.8) is 0 Å². The largest absolute Gasteiger partial charge is 0.466 e.